The Hall–Kier alpha value is -2.31. The van der Waals surface area contributed by atoms with Crippen molar-refractivity contribution >= 4 is 11.8 Å². The number of ether oxygens (including phenoxy) is 1. The first-order chi connectivity index (χ1) is 14.6. The zero-order valence-electron chi connectivity index (χ0n) is 17.5. The van der Waals surface area contributed by atoms with Crippen LogP contribution in [0.3, 0.4) is 0 Å². The van der Waals surface area contributed by atoms with Crippen LogP contribution in [0.2, 0.25) is 0 Å². The molecule has 1 saturated heterocycles. The quantitative estimate of drug-likeness (QED) is 0.474. The Labute approximate surface area is 203 Å². The number of rotatable bonds is 3. The number of halogens is 2. The van der Waals surface area contributed by atoms with Crippen LogP contribution in [-0.4, -0.2) is 39.8 Å². The molecule has 2 amide bonds. The molecule has 0 aliphatic carbocycles. The van der Waals surface area contributed by atoms with Crippen molar-refractivity contribution in [3.63, 3.8) is 0 Å². The Kier molecular flexibility index (Phi) is 6.78. The minimum absolute atomic E-state index is 0. The van der Waals surface area contributed by atoms with Gasteiger partial charge in [-0.2, -0.15) is 0 Å². The molecule has 164 valence electrons. The maximum Gasteiger partial charge on any atom is 1.00 e. The first kappa shape index (κ1) is 24.3. The largest absolute Gasteiger partial charge is 1.00 e. The predicted octanol–water partition coefficient (Wildman–Crippen LogP) is -2.99. The summed E-state index contributed by atoms with van der Waals surface area (Å²) < 4.78 is 33.5. The summed E-state index contributed by atoms with van der Waals surface area (Å²) >= 11 is 0. The zero-order valence-corrected chi connectivity index (χ0v) is 19.5. The zero-order chi connectivity index (χ0) is 22.5. The molecule has 0 bridgehead atoms. The van der Waals surface area contributed by atoms with Crippen LogP contribution in [0.15, 0.2) is 29.2 Å². The molecule has 32 heavy (non-hydrogen) atoms. The Morgan fingerprint density at radius 2 is 2.09 bits per heavy atom. The first-order valence-corrected chi connectivity index (χ1v) is 9.55. The third kappa shape index (κ3) is 4.06. The minimum atomic E-state index is -1.52. The average molecular weight is 456 g/mol. The van der Waals surface area contributed by atoms with Crippen molar-refractivity contribution in [1.82, 2.24) is 14.8 Å². The van der Waals surface area contributed by atoms with Gasteiger partial charge in [-0.3, -0.25) is 25.0 Å². The molecule has 12 heteroatoms. The van der Waals surface area contributed by atoms with Crippen LogP contribution in [-0.2, 0) is 17.8 Å². The van der Waals surface area contributed by atoms with Crippen LogP contribution in [0.25, 0.3) is 0 Å². The van der Waals surface area contributed by atoms with E-state index < -0.39 is 51.7 Å². The number of aromatic nitrogens is 1. The van der Waals surface area contributed by atoms with Crippen LogP contribution in [0, 0.1) is 11.6 Å². The van der Waals surface area contributed by atoms with Gasteiger partial charge in [0.2, 0.25) is 5.85 Å². The molecule has 1 fully saturated rings. The third-order valence-electron chi connectivity index (χ3n) is 5.49. The normalized spacial score (nSPS) is 21.9. The number of carbonyl (C=O) groups excluding carboxylic acids is 2. The number of benzene rings is 1. The summed E-state index contributed by atoms with van der Waals surface area (Å²) in [6.45, 7) is 1.57. The molecule has 0 saturated carbocycles. The summed E-state index contributed by atoms with van der Waals surface area (Å²) in [7, 11) is 0. The molecule has 0 spiro atoms. The molecule has 2 atom stereocenters. The van der Waals surface area contributed by atoms with Crippen LogP contribution < -0.4 is 51.1 Å². The molecular formula is C20H19F2N4NaO5. The first-order valence-electron chi connectivity index (χ1n) is 9.55. The standard InChI is InChI=1S/C20H20F2N4O5.Na/c1-10-4-5-31-20(23)9-25-8-13(16(27)17(28)15(25)19(30)26(10)20)18(29)24-7-11-2-3-12(21)6-14(11)22;/h2-3,6,8,10,28H,4-5,7,9,23H2,1H3,(H,24,29);/q;+1/p-1/t10-,20-;/m1./s1. The fourth-order valence-electron chi connectivity index (χ4n) is 3.91. The van der Waals surface area contributed by atoms with Crippen molar-refractivity contribution in [3.05, 3.63) is 63.1 Å². The van der Waals surface area contributed by atoms with Crippen molar-refractivity contribution in [2.75, 3.05) is 6.61 Å². The van der Waals surface area contributed by atoms with Crippen molar-refractivity contribution in [3.8, 4) is 5.75 Å². The van der Waals surface area contributed by atoms with E-state index in [1.807, 2.05) is 0 Å². The van der Waals surface area contributed by atoms with Crippen LogP contribution in [0.5, 0.6) is 5.75 Å². The van der Waals surface area contributed by atoms with Gasteiger partial charge >= 0.3 is 29.6 Å². The molecule has 4 rings (SSSR count). The molecule has 1 aromatic heterocycles. The van der Waals surface area contributed by atoms with Crippen LogP contribution in [0.4, 0.5) is 8.78 Å². The number of nitrogens with two attached hydrogens (primary N) is 1. The molecular weight excluding hydrogens is 437 g/mol. The van der Waals surface area contributed by atoms with Gasteiger partial charge < -0.3 is 19.7 Å². The molecule has 9 nitrogen and oxygen atoms in total. The monoisotopic (exact) mass is 456 g/mol. The van der Waals surface area contributed by atoms with Crippen LogP contribution in [0.1, 0.15) is 39.8 Å². The number of pyridine rings is 1. The van der Waals surface area contributed by atoms with Gasteiger partial charge in [0.1, 0.15) is 22.9 Å². The van der Waals surface area contributed by atoms with Gasteiger partial charge in [0.15, 0.2) is 5.43 Å². The number of carbonyl (C=O) groups is 2. The van der Waals surface area contributed by atoms with Gasteiger partial charge in [0.25, 0.3) is 11.8 Å². The number of hydrogen-bond donors (Lipinski definition) is 2. The Bertz CT molecular complexity index is 1160. The summed E-state index contributed by atoms with van der Waals surface area (Å²) in [5.74, 6) is -5.99. The molecule has 2 aliphatic rings. The Balaban J connectivity index is 0.00000289. The summed E-state index contributed by atoms with van der Waals surface area (Å²) in [6, 6.07) is 2.53. The molecule has 2 aliphatic heterocycles. The van der Waals surface area contributed by atoms with E-state index in [9.17, 15) is 28.3 Å². The van der Waals surface area contributed by atoms with Crippen molar-refractivity contribution in [2.45, 2.75) is 38.3 Å². The van der Waals surface area contributed by atoms with E-state index in [4.69, 9.17) is 10.5 Å². The molecule has 2 aromatic rings. The second-order valence-electron chi connectivity index (χ2n) is 7.60. The fourth-order valence-corrected chi connectivity index (χ4v) is 3.91. The maximum absolute atomic E-state index is 13.8. The summed E-state index contributed by atoms with van der Waals surface area (Å²) in [5, 5.41) is 15.0. The average Bonchev–Trinajstić information content (AvgIpc) is 2.69. The molecule has 0 radical (unpaired) electrons. The number of nitrogens with one attached hydrogen (secondary N) is 1. The van der Waals surface area contributed by atoms with E-state index in [0.29, 0.717) is 19.1 Å². The van der Waals surface area contributed by atoms with E-state index >= 15 is 0 Å². The van der Waals surface area contributed by atoms with Gasteiger partial charge in [-0.05, 0) is 25.2 Å². The third-order valence-corrected chi connectivity index (χ3v) is 5.49. The summed E-state index contributed by atoms with van der Waals surface area (Å²) in [6.07, 6.45) is 1.59. The SMILES string of the molecule is C[C@@H]1CCO[C@@]2(N)Cn3cc(C(=O)NCc4ccc(F)cc4F)c(=O)c([O-])c3C(=O)N12.[Na+]. The van der Waals surface area contributed by atoms with Gasteiger partial charge in [0.05, 0.1) is 13.2 Å². The Morgan fingerprint density at radius 3 is 2.78 bits per heavy atom. The summed E-state index contributed by atoms with van der Waals surface area (Å²) in [5.41, 5.74) is 4.16. The predicted molar refractivity (Wildman–Crippen MR) is 101 cm³/mol. The van der Waals surface area contributed by atoms with Crippen molar-refractivity contribution in [2.24, 2.45) is 5.73 Å². The number of amides is 2. The van der Waals surface area contributed by atoms with E-state index in [1.54, 1.807) is 6.92 Å². The van der Waals surface area contributed by atoms with Gasteiger partial charge in [0, 0.05) is 30.4 Å². The fraction of sp³-hybridized carbons (Fsp3) is 0.350. The van der Waals surface area contributed by atoms with E-state index in [0.717, 1.165) is 22.9 Å². The molecule has 3 heterocycles. The van der Waals surface area contributed by atoms with E-state index in [-0.39, 0.29) is 54.3 Å². The van der Waals surface area contributed by atoms with Crippen molar-refractivity contribution < 1.29 is 57.8 Å². The number of fused-ring (bicyclic) bond motifs is 2. The van der Waals surface area contributed by atoms with E-state index in [1.165, 1.54) is 4.90 Å². The van der Waals surface area contributed by atoms with E-state index in [2.05, 4.69) is 5.32 Å². The Morgan fingerprint density at radius 1 is 1.38 bits per heavy atom. The smallest absolute Gasteiger partial charge is 0.868 e. The maximum atomic E-state index is 13.8. The summed E-state index contributed by atoms with van der Waals surface area (Å²) in [4.78, 5) is 39.2. The molecule has 1 aromatic carbocycles. The van der Waals surface area contributed by atoms with Gasteiger partial charge in [-0.25, -0.2) is 8.78 Å². The van der Waals surface area contributed by atoms with Gasteiger partial charge in [-0.1, -0.05) is 6.07 Å². The molecule has 3 N–H and O–H groups in total. The topological polar surface area (TPSA) is 130 Å². The van der Waals surface area contributed by atoms with Crippen LogP contribution >= 0.6 is 0 Å². The minimum Gasteiger partial charge on any atom is -0.868 e. The number of nitrogens with zero attached hydrogens (tertiary/aromatic N) is 2. The molecule has 0 unspecified atom stereocenters. The van der Waals surface area contributed by atoms with Gasteiger partial charge in [-0.15, -0.1) is 0 Å². The number of hydrogen-bond acceptors (Lipinski definition) is 6. The second-order valence-corrected chi connectivity index (χ2v) is 7.60. The second kappa shape index (κ2) is 8.91. The van der Waals surface area contributed by atoms with Crippen molar-refractivity contribution in [1.29, 1.82) is 0 Å².